The fourth-order valence-electron chi connectivity index (χ4n) is 2.45. The molecular formula is C17H16ClN3O3. The molecule has 1 aromatic carbocycles. The predicted octanol–water partition coefficient (Wildman–Crippen LogP) is 3.39. The third-order valence-electron chi connectivity index (χ3n) is 3.62. The lowest BCUT2D eigenvalue weighted by atomic mass is 10.0. The van der Waals surface area contributed by atoms with Crippen molar-refractivity contribution < 1.29 is 14.3 Å². The van der Waals surface area contributed by atoms with Crippen molar-refractivity contribution >= 4 is 28.6 Å². The maximum absolute atomic E-state index is 12.3. The van der Waals surface area contributed by atoms with Gasteiger partial charge in [-0.15, -0.1) is 0 Å². The van der Waals surface area contributed by atoms with Gasteiger partial charge in [0.05, 0.1) is 36.0 Å². The molecule has 0 aliphatic carbocycles. The number of hydrogen-bond acceptors (Lipinski definition) is 5. The number of hydrogen-bond donors (Lipinski definition) is 1. The minimum atomic E-state index is -0.485. The number of carbonyl (C=O) groups is 1. The monoisotopic (exact) mass is 345 g/mol. The van der Waals surface area contributed by atoms with E-state index < -0.39 is 5.97 Å². The van der Waals surface area contributed by atoms with Gasteiger partial charge in [-0.25, -0.2) is 9.78 Å². The smallest absolute Gasteiger partial charge is 0.341 e. The lowest BCUT2D eigenvalue weighted by Gasteiger charge is -2.11. The Morgan fingerprint density at radius 3 is 2.71 bits per heavy atom. The molecule has 0 aliphatic rings. The second-order valence-electron chi connectivity index (χ2n) is 5.13. The molecule has 2 aromatic heterocycles. The molecule has 0 fully saturated rings. The van der Waals surface area contributed by atoms with Crippen LogP contribution in [0.5, 0.6) is 5.75 Å². The van der Waals surface area contributed by atoms with Crippen molar-refractivity contribution in [2.24, 2.45) is 0 Å². The molecule has 1 N–H and O–H groups in total. The standard InChI is InChI=1S/C17H16ClN3O3/c1-3-24-17(22)14-13(8-10-4-6-11(23-2)7-5-10)20-16-12(15(14)18)9-19-21-16/h4-7,9H,3,8H2,1-2H3,(H,19,20,21). The average Bonchev–Trinajstić information content (AvgIpc) is 3.04. The van der Waals surface area contributed by atoms with E-state index in [1.165, 1.54) is 0 Å². The third-order valence-corrected chi connectivity index (χ3v) is 4.01. The maximum atomic E-state index is 12.3. The number of benzene rings is 1. The van der Waals surface area contributed by atoms with Crippen molar-refractivity contribution in [2.45, 2.75) is 13.3 Å². The van der Waals surface area contributed by atoms with Crippen LogP contribution in [0, 0.1) is 0 Å². The maximum Gasteiger partial charge on any atom is 0.341 e. The summed E-state index contributed by atoms with van der Waals surface area (Å²) in [6.45, 7) is 2.01. The summed E-state index contributed by atoms with van der Waals surface area (Å²) in [6, 6.07) is 7.55. The number of methoxy groups -OCH3 is 1. The Kier molecular flexibility index (Phi) is 4.66. The highest BCUT2D eigenvalue weighted by molar-refractivity contribution is 6.38. The van der Waals surface area contributed by atoms with Crippen molar-refractivity contribution in [1.82, 2.24) is 15.2 Å². The van der Waals surface area contributed by atoms with Gasteiger partial charge in [-0.1, -0.05) is 23.7 Å². The van der Waals surface area contributed by atoms with Gasteiger partial charge in [0.15, 0.2) is 5.65 Å². The number of pyridine rings is 1. The van der Waals surface area contributed by atoms with Gasteiger partial charge >= 0.3 is 5.97 Å². The Labute approximate surface area is 143 Å². The highest BCUT2D eigenvalue weighted by Crippen LogP contribution is 2.29. The van der Waals surface area contributed by atoms with Gasteiger partial charge in [0.2, 0.25) is 0 Å². The van der Waals surface area contributed by atoms with Crippen LogP contribution in [0.1, 0.15) is 28.5 Å². The molecule has 6 nitrogen and oxygen atoms in total. The van der Waals surface area contributed by atoms with E-state index in [4.69, 9.17) is 21.1 Å². The minimum absolute atomic E-state index is 0.264. The third kappa shape index (κ3) is 3.05. The van der Waals surface area contributed by atoms with Crippen LogP contribution in [0.25, 0.3) is 11.0 Å². The van der Waals surface area contributed by atoms with Crippen LogP contribution in [0.3, 0.4) is 0 Å². The van der Waals surface area contributed by atoms with Crippen LogP contribution in [0.15, 0.2) is 30.5 Å². The van der Waals surface area contributed by atoms with E-state index >= 15 is 0 Å². The summed E-state index contributed by atoms with van der Waals surface area (Å²) in [5.74, 6) is 0.279. The fourth-order valence-corrected chi connectivity index (χ4v) is 2.78. The van der Waals surface area contributed by atoms with Crippen molar-refractivity contribution in [3.8, 4) is 5.75 Å². The molecule has 0 unspecified atom stereocenters. The molecule has 24 heavy (non-hydrogen) atoms. The molecule has 3 aromatic rings. The zero-order valence-corrected chi connectivity index (χ0v) is 14.1. The number of carbonyl (C=O) groups excluding carboxylic acids is 1. The molecular weight excluding hydrogens is 330 g/mol. The molecule has 0 saturated heterocycles. The van der Waals surface area contributed by atoms with E-state index in [1.54, 1.807) is 20.2 Å². The van der Waals surface area contributed by atoms with Crippen molar-refractivity contribution in [1.29, 1.82) is 0 Å². The number of ether oxygens (including phenoxy) is 2. The second-order valence-corrected chi connectivity index (χ2v) is 5.50. The average molecular weight is 346 g/mol. The fraction of sp³-hybridized carbons (Fsp3) is 0.235. The summed E-state index contributed by atoms with van der Waals surface area (Å²) in [7, 11) is 1.61. The first kappa shape index (κ1) is 16.3. The van der Waals surface area contributed by atoms with Crippen molar-refractivity contribution in [2.75, 3.05) is 13.7 Å². The summed E-state index contributed by atoms with van der Waals surface area (Å²) >= 11 is 6.41. The molecule has 2 heterocycles. The quantitative estimate of drug-likeness (QED) is 0.717. The summed E-state index contributed by atoms with van der Waals surface area (Å²) in [5, 5.41) is 7.62. The second kappa shape index (κ2) is 6.88. The van der Waals surface area contributed by atoms with Gasteiger partial charge in [-0.05, 0) is 24.6 Å². The Hall–Kier alpha value is -2.60. The molecule has 0 spiro atoms. The van der Waals surface area contributed by atoms with Crippen LogP contribution in [-0.4, -0.2) is 34.9 Å². The Morgan fingerprint density at radius 2 is 2.04 bits per heavy atom. The normalized spacial score (nSPS) is 10.8. The topological polar surface area (TPSA) is 77.1 Å². The first-order valence-electron chi connectivity index (χ1n) is 7.45. The van der Waals surface area contributed by atoms with E-state index in [2.05, 4.69) is 15.2 Å². The Bertz CT molecular complexity index is 875. The van der Waals surface area contributed by atoms with Crippen LogP contribution >= 0.6 is 11.6 Å². The lowest BCUT2D eigenvalue weighted by molar-refractivity contribution is 0.0525. The number of aromatic nitrogens is 3. The number of esters is 1. The van der Waals surface area contributed by atoms with E-state index in [0.717, 1.165) is 11.3 Å². The zero-order chi connectivity index (χ0) is 17.1. The van der Waals surface area contributed by atoms with Crippen LogP contribution in [-0.2, 0) is 11.2 Å². The van der Waals surface area contributed by atoms with Gasteiger partial charge < -0.3 is 9.47 Å². The number of halogens is 1. The van der Waals surface area contributed by atoms with Crippen molar-refractivity contribution in [3.05, 3.63) is 52.3 Å². The van der Waals surface area contributed by atoms with Gasteiger partial charge in [-0.3, -0.25) is 5.10 Å². The van der Waals surface area contributed by atoms with E-state index in [-0.39, 0.29) is 12.2 Å². The molecule has 0 radical (unpaired) electrons. The van der Waals surface area contributed by atoms with E-state index in [9.17, 15) is 4.79 Å². The Balaban J connectivity index is 2.06. The summed E-state index contributed by atoms with van der Waals surface area (Å²) in [5.41, 5.74) is 2.34. The van der Waals surface area contributed by atoms with Gasteiger partial charge in [-0.2, -0.15) is 5.10 Å². The number of fused-ring (bicyclic) bond motifs is 1. The van der Waals surface area contributed by atoms with Crippen LogP contribution in [0.4, 0.5) is 0 Å². The van der Waals surface area contributed by atoms with Crippen molar-refractivity contribution in [3.63, 3.8) is 0 Å². The first-order chi connectivity index (χ1) is 11.6. The molecule has 0 atom stereocenters. The first-order valence-corrected chi connectivity index (χ1v) is 7.83. The molecule has 124 valence electrons. The zero-order valence-electron chi connectivity index (χ0n) is 13.3. The number of nitrogens with one attached hydrogen (secondary N) is 1. The molecule has 0 bridgehead atoms. The summed E-state index contributed by atoms with van der Waals surface area (Å²) in [4.78, 5) is 16.8. The highest BCUT2D eigenvalue weighted by atomic mass is 35.5. The SMILES string of the molecule is CCOC(=O)c1c(Cc2ccc(OC)cc2)nc2[nH]ncc2c1Cl. The molecule has 7 heteroatoms. The molecule has 0 aliphatic heterocycles. The van der Waals surface area contributed by atoms with Crippen LogP contribution in [0.2, 0.25) is 5.02 Å². The number of aromatic amines is 1. The summed E-state index contributed by atoms with van der Waals surface area (Å²) in [6.07, 6.45) is 1.98. The largest absolute Gasteiger partial charge is 0.497 e. The minimum Gasteiger partial charge on any atom is -0.497 e. The Morgan fingerprint density at radius 1 is 1.29 bits per heavy atom. The predicted molar refractivity (Wildman–Crippen MR) is 90.7 cm³/mol. The number of rotatable bonds is 5. The molecule has 3 rings (SSSR count). The highest BCUT2D eigenvalue weighted by Gasteiger charge is 2.22. The van der Waals surface area contributed by atoms with Gasteiger partial charge in [0.25, 0.3) is 0 Å². The van der Waals surface area contributed by atoms with Gasteiger partial charge in [0.1, 0.15) is 11.3 Å². The lowest BCUT2D eigenvalue weighted by Crippen LogP contribution is -2.11. The molecule has 0 saturated carbocycles. The van der Waals surface area contributed by atoms with E-state index in [0.29, 0.717) is 28.2 Å². The number of H-pyrrole nitrogens is 1. The van der Waals surface area contributed by atoms with E-state index in [1.807, 2.05) is 24.3 Å². The number of nitrogens with zero attached hydrogens (tertiary/aromatic N) is 2. The summed E-state index contributed by atoms with van der Waals surface area (Å²) < 4.78 is 10.3. The molecule has 0 amide bonds. The van der Waals surface area contributed by atoms with Crippen LogP contribution < -0.4 is 4.74 Å². The van der Waals surface area contributed by atoms with Gasteiger partial charge in [0, 0.05) is 6.42 Å².